The molecule has 7 nitrogen and oxygen atoms in total. The van der Waals surface area contributed by atoms with Crippen LogP contribution in [0.5, 0.6) is 0 Å². The average Bonchev–Trinajstić information content (AvgIpc) is 2.76. The van der Waals surface area contributed by atoms with E-state index in [4.69, 9.17) is 0 Å². The van der Waals surface area contributed by atoms with Gasteiger partial charge in [0.15, 0.2) is 0 Å². The summed E-state index contributed by atoms with van der Waals surface area (Å²) >= 11 is 0. The molecule has 1 heterocycles. The predicted molar refractivity (Wildman–Crippen MR) is 67.2 cm³/mol. The molecule has 1 fully saturated rings. The molecule has 2 rings (SSSR count). The third kappa shape index (κ3) is 2.60. The number of aryl methyl sites for hydroxylation is 1. The van der Waals surface area contributed by atoms with Gasteiger partial charge in [-0.2, -0.15) is 4.31 Å². The number of aliphatic hydroxyl groups excluding tert-OH is 1. The quantitative estimate of drug-likeness (QED) is 0.649. The number of nitro groups is 1. The summed E-state index contributed by atoms with van der Waals surface area (Å²) < 4.78 is 25.9. The zero-order chi connectivity index (χ0) is 14.2. The fourth-order valence-electron chi connectivity index (χ4n) is 2.10. The molecule has 1 aromatic carbocycles. The van der Waals surface area contributed by atoms with Gasteiger partial charge >= 0.3 is 0 Å². The molecule has 1 N–H and O–H groups in total. The molecule has 1 saturated heterocycles. The van der Waals surface area contributed by atoms with Gasteiger partial charge in [-0.05, 0) is 25.0 Å². The summed E-state index contributed by atoms with van der Waals surface area (Å²) in [5.74, 6) is 0. The molecule has 0 bridgehead atoms. The van der Waals surface area contributed by atoms with Gasteiger partial charge in [0.25, 0.3) is 5.69 Å². The van der Waals surface area contributed by atoms with Gasteiger partial charge in [0.2, 0.25) is 10.0 Å². The minimum absolute atomic E-state index is 0.0483. The highest BCUT2D eigenvalue weighted by atomic mass is 32.2. The third-order valence-corrected chi connectivity index (χ3v) is 5.14. The molecule has 1 aromatic rings. The van der Waals surface area contributed by atoms with Crippen molar-refractivity contribution >= 4 is 15.7 Å². The summed E-state index contributed by atoms with van der Waals surface area (Å²) in [5.41, 5.74) is 0.188. The molecule has 1 atom stereocenters. The van der Waals surface area contributed by atoms with E-state index < -0.39 is 21.1 Å². The van der Waals surface area contributed by atoms with Gasteiger partial charge in [-0.1, -0.05) is 0 Å². The van der Waals surface area contributed by atoms with E-state index in [2.05, 4.69) is 0 Å². The van der Waals surface area contributed by atoms with Gasteiger partial charge in [-0.15, -0.1) is 0 Å². The minimum Gasteiger partial charge on any atom is -0.392 e. The molecule has 1 aliphatic heterocycles. The van der Waals surface area contributed by atoms with Crippen molar-refractivity contribution in [1.29, 1.82) is 0 Å². The standard InChI is InChI=1S/C11H14N2O5S/c1-8-6-9(13(15)16)2-3-11(8)19(17,18)12-5-4-10(14)7-12/h2-3,6,10,14H,4-5,7H2,1H3/t10-/m1/s1. The van der Waals surface area contributed by atoms with Crippen LogP contribution < -0.4 is 0 Å². The highest BCUT2D eigenvalue weighted by molar-refractivity contribution is 7.89. The monoisotopic (exact) mass is 286 g/mol. The highest BCUT2D eigenvalue weighted by Crippen LogP contribution is 2.26. The smallest absolute Gasteiger partial charge is 0.269 e. The number of nitro benzene ring substituents is 1. The second-order valence-electron chi connectivity index (χ2n) is 4.51. The summed E-state index contributed by atoms with van der Waals surface area (Å²) in [4.78, 5) is 10.1. The van der Waals surface area contributed by atoms with E-state index in [0.717, 1.165) is 0 Å². The number of nitrogens with zero attached hydrogens (tertiary/aromatic N) is 2. The largest absolute Gasteiger partial charge is 0.392 e. The zero-order valence-corrected chi connectivity index (χ0v) is 11.1. The van der Waals surface area contributed by atoms with E-state index in [1.54, 1.807) is 0 Å². The lowest BCUT2D eigenvalue weighted by Gasteiger charge is -2.17. The first-order chi connectivity index (χ1) is 8.82. The molecule has 104 valence electrons. The maximum atomic E-state index is 12.3. The third-order valence-electron chi connectivity index (χ3n) is 3.11. The molecule has 0 amide bonds. The molecular weight excluding hydrogens is 272 g/mol. The maximum absolute atomic E-state index is 12.3. The van der Waals surface area contributed by atoms with Crippen LogP contribution in [0.3, 0.4) is 0 Å². The van der Waals surface area contributed by atoms with Crippen molar-refractivity contribution < 1.29 is 18.4 Å². The Morgan fingerprint density at radius 1 is 1.47 bits per heavy atom. The van der Waals surface area contributed by atoms with Crippen molar-refractivity contribution in [3.8, 4) is 0 Å². The Bertz CT molecular complexity index is 614. The molecule has 0 spiro atoms. The van der Waals surface area contributed by atoms with Crippen molar-refractivity contribution in [3.05, 3.63) is 33.9 Å². The SMILES string of the molecule is Cc1cc([N+](=O)[O-])ccc1S(=O)(=O)N1CC[C@@H](O)C1. The molecule has 8 heteroatoms. The normalized spacial score (nSPS) is 20.6. The summed E-state index contributed by atoms with van der Waals surface area (Å²) in [6, 6.07) is 3.65. The Hall–Kier alpha value is -1.51. The van der Waals surface area contributed by atoms with Crippen LogP contribution >= 0.6 is 0 Å². The summed E-state index contributed by atoms with van der Waals surface area (Å²) in [5, 5.41) is 20.0. The van der Waals surface area contributed by atoms with E-state index in [9.17, 15) is 23.6 Å². The number of hydrogen-bond acceptors (Lipinski definition) is 5. The van der Waals surface area contributed by atoms with Crippen LogP contribution in [-0.2, 0) is 10.0 Å². The number of β-amino-alcohol motifs (C(OH)–C–C–N with tert-alkyl or cyclic N) is 1. The number of rotatable bonds is 3. The maximum Gasteiger partial charge on any atom is 0.269 e. The first kappa shape index (κ1) is 13.9. The second-order valence-corrected chi connectivity index (χ2v) is 6.42. The number of aliphatic hydroxyl groups is 1. The first-order valence-corrected chi connectivity index (χ1v) is 7.19. The Morgan fingerprint density at radius 3 is 2.63 bits per heavy atom. The van der Waals surface area contributed by atoms with Crippen molar-refractivity contribution in [2.75, 3.05) is 13.1 Å². The molecule has 0 unspecified atom stereocenters. The van der Waals surface area contributed by atoms with Crippen molar-refractivity contribution in [2.45, 2.75) is 24.3 Å². The van der Waals surface area contributed by atoms with Crippen LogP contribution in [-0.4, -0.2) is 41.9 Å². The van der Waals surface area contributed by atoms with Crippen LogP contribution in [0.2, 0.25) is 0 Å². The number of benzene rings is 1. The lowest BCUT2D eigenvalue weighted by Crippen LogP contribution is -2.30. The summed E-state index contributed by atoms with van der Waals surface area (Å²) in [6.07, 6.45) is -0.237. The van der Waals surface area contributed by atoms with Crippen molar-refractivity contribution in [1.82, 2.24) is 4.31 Å². The van der Waals surface area contributed by atoms with E-state index in [-0.39, 0.29) is 23.7 Å². The second kappa shape index (κ2) is 4.87. The predicted octanol–water partition coefficient (Wildman–Crippen LogP) is 0.659. The molecule has 0 saturated carbocycles. The fourth-order valence-corrected chi connectivity index (χ4v) is 3.80. The lowest BCUT2D eigenvalue weighted by atomic mass is 10.2. The van der Waals surface area contributed by atoms with Crippen LogP contribution in [0, 0.1) is 17.0 Å². The van der Waals surface area contributed by atoms with Crippen LogP contribution in [0.25, 0.3) is 0 Å². The van der Waals surface area contributed by atoms with Crippen LogP contribution in [0.4, 0.5) is 5.69 Å². The molecule has 19 heavy (non-hydrogen) atoms. The average molecular weight is 286 g/mol. The molecule has 0 aromatic heterocycles. The van der Waals surface area contributed by atoms with E-state index >= 15 is 0 Å². The Labute approximate surface area is 110 Å². The molecule has 0 radical (unpaired) electrons. The molecular formula is C11H14N2O5S. The van der Waals surface area contributed by atoms with Gasteiger partial charge in [-0.3, -0.25) is 10.1 Å². The summed E-state index contributed by atoms with van der Waals surface area (Å²) in [6.45, 7) is 1.85. The van der Waals surface area contributed by atoms with Crippen LogP contribution in [0.15, 0.2) is 23.1 Å². The number of hydrogen-bond donors (Lipinski definition) is 1. The molecule has 0 aliphatic carbocycles. The highest BCUT2D eigenvalue weighted by Gasteiger charge is 2.32. The van der Waals surface area contributed by atoms with Gasteiger partial charge in [0, 0.05) is 25.2 Å². The Kier molecular flexibility index (Phi) is 3.57. The van der Waals surface area contributed by atoms with Crippen molar-refractivity contribution in [2.24, 2.45) is 0 Å². The van der Waals surface area contributed by atoms with Gasteiger partial charge in [0.05, 0.1) is 15.9 Å². The van der Waals surface area contributed by atoms with Crippen molar-refractivity contribution in [3.63, 3.8) is 0 Å². The molecule has 1 aliphatic rings. The van der Waals surface area contributed by atoms with E-state index in [1.807, 2.05) is 0 Å². The topological polar surface area (TPSA) is 101 Å². The zero-order valence-electron chi connectivity index (χ0n) is 10.3. The number of non-ortho nitro benzene ring substituents is 1. The Balaban J connectivity index is 2.38. The summed E-state index contributed by atoms with van der Waals surface area (Å²) in [7, 11) is -3.69. The minimum atomic E-state index is -3.69. The Morgan fingerprint density at radius 2 is 2.16 bits per heavy atom. The fraction of sp³-hybridized carbons (Fsp3) is 0.455. The van der Waals surface area contributed by atoms with Gasteiger partial charge in [0.1, 0.15) is 0 Å². The first-order valence-electron chi connectivity index (χ1n) is 5.75. The number of sulfonamides is 1. The lowest BCUT2D eigenvalue weighted by molar-refractivity contribution is -0.385. The van der Waals surface area contributed by atoms with Crippen LogP contribution in [0.1, 0.15) is 12.0 Å². The van der Waals surface area contributed by atoms with Gasteiger partial charge < -0.3 is 5.11 Å². The van der Waals surface area contributed by atoms with E-state index in [0.29, 0.717) is 12.0 Å². The van der Waals surface area contributed by atoms with Gasteiger partial charge in [-0.25, -0.2) is 8.42 Å². The van der Waals surface area contributed by atoms with E-state index in [1.165, 1.54) is 29.4 Å².